The highest BCUT2D eigenvalue weighted by Crippen LogP contribution is 2.14. The first-order valence-corrected chi connectivity index (χ1v) is 7.14. The maximum atomic E-state index is 12.2. The molecule has 3 aromatic rings. The highest BCUT2D eigenvalue weighted by Gasteiger charge is 2.12. The van der Waals surface area contributed by atoms with E-state index in [4.69, 9.17) is 0 Å². The van der Waals surface area contributed by atoms with Gasteiger partial charge in [0.2, 0.25) is 5.91 Å². The third-order valence-corrected chi connectivity index (χ3v) is 3.55. The topological polar surface area (TPSA) is 94.7 Å². The molecule has 0 aliphatic carbocycles. The van der Waals surface area contributed by atoms with Crippen LogP contribution < -0.4 is 10.9 Å². The molecule has 1 amide bonds. The summed E-state index contributed by atoms with van der Waals surface area (Å²) >= 11 is 3.32. The molecule has 2 heterocycles. The Labute approximate surface area is 132 Å². The second kappa shape index (κ2) is 5.68. The van der Waals surface area contributed by atoms with Crippen molar-refractivity contribution >= 4 is 38.7 Å². The Morgan fingerprint density at radius 2 is 2.05 bits per heavy atom. The maximum Gasteiger partial charge on any atom is 0.283 e. The lowest BCUT2D eigenvalue weighted by atomic mass is 10.3. The number of aromatic nitrogens is 5. The highest BCUT2D eigenvalue weighted by atomic mass is 79.9. The average molecular weight is 363 g/mol. The first kappa shape index (κ1) is 14.4. The van der Waals surface area contributed by atoms with Crippen LogP contribution in [0.3, 0.4) is 0 Å². The van der Waals surface area contributed by atoms with Crippen LogP contribution in [0.15, 0.2) is 39.9 Å². The van der Waals surface area contributed by atoms with E-state index < -0.39 is 5.56 Å². The third-order valence-electron chi connectivity index (χ3n) is 3.02. The second-order valence-electron chi connectivity index (χ2n) is 4.62. The summed E-state index contributed by atoms with van der Waals surface area (Å²) in [5.41, 5.74) is 0.773. The summed E-state index contributed by atoms with van der Waals surface area (Å²) in [4.78, 5) is 28.3. The molecule has 0 atom stereocenters. The van der Waals surface area contributed by atoms with Crippen LogP contribution >= 0.6 is 15.9 Å². The summed E-state index contributed by atoms with van der Waals surface area (Å²) in [5, 5.41) is 10.2. The van der Waals surface area contributed by atoms with Gasteiger partial charge in [0.1, 0.15) is 12.9 Å². The Balaban J connectivity index is 1.80. The Kier molecular flexibility index (Phi) is 3.72. The highest BCUT2D eigenvalue weighted by molar-refractivity contribution is 9.10. The average Bonchev–Trinajstić information content (AvgIpc) is 2.87. The van der Waals surface area contributed by atoms with Gasteiger partial charge < -0.3 is 5.32 Å². The number of rotatable bonds is 3. The van der Waals surface area contributed by atoms with Gasteiger partial charge in [-0.3, -0.25) is 14.2 Å². The molecule has 0 spiro atoms. The van der Waals surface area contributed by atoms with E-state index in [2.05, 4.69) is 36.5 Å². The Morgan fingerprint density at radius 1 is 1.32 bits per heavy atom. The number of hydrogen-bond acceptors (Lipinski definition) is 5. The molecule has 0 unspecified atom stereocenters. The van der Waals surface area contributed by atoms with E-state index in [1.807, 2.05) is 12.1 Å². The van der Waals surface area contributed by atoms with E-state index in [9.17, 15) is 9.59 Å². The fourth-order valence-electron chi connectivity index (χ4n) is 1.95. The number of aryl methyl sites for hydroxylation is 1. The molecular formula is C13H11BrN6O2. The lowest BCUT2D eigenvalue weighted by Crippen LogP contribution is -2.28. The van der Waals surface area contributed by atoms with Gasteiger partial charge >= 0.3 is 0 Å². The molecule has 9 heteroatoms. The summed E-state index contributed by atoms with van der Waals surface area (Å²) in [5.74, 6) is -0.325. The molecule has 2 aromatic heterocycles. The zero-order valence-corrected chi connectivity index (χ0v) is 13.1. The zero-order valence-electron chi connectivity index (χ0n) is 11.5. The number of nitrogens with zero attached hydrogens (tertiary/aromatic N) is 5. The molecule has 0 fully saturated rings. The van der Waals surface area contributed by atoms with E-state index in [-0.39, 0.29) is 18.0 Å². The predicted octanol–water partition coefficient (Wildman–Crippen LogP) is 0.926. The van der Waals surface area contributed by atoms with Gasteiger partial charge in [-0.2, -0.15) is 0 Å². The molecule has 0 bridgehead atoms. The van der Waals surface area contributed by atoms with Crippen molar-refractivity contribution in [2.24, 2.45) is 7.05 Å². The summed E-state index contributed by atoms with van der Waals surface area (Å²) in [7, 11) is 1.65. The van der Waals surface area contributed by atoms with Crippen molar-refractivity contribution in [2.45, 2.75) is 6.54 Å². The maximum absolute atomic E-state index is 12.2. The van der Waals surface area contributed by atoms with Gasteiger partial charge in [-0.05, 0) is 24.3 Å². The number of halogens is 1. The molecule has 0 aliphatic heterocycles. The minimum Gasteiger partial charge on any atom is -0.325 e. The van der Waals surface area contributed by atoms with Crippen molar-refractivity contribution in [3.63, 3.8) is 0 Å². The van der Waals surface area contributed by atoms with E-state index in [0.29, 0.717) is 11.3 Å². The molecule has 0 saturated heterocycles. The van der Waals surface area contributed by atoms with Crippen LogP contribution in [0.1, 0.15) is 0 Å². The Hall–Kier alpha value is -2.55. The van der Waals surface area contributed by atoms with Gasteiger partial charge in [0.05, 0.1) is 0 Å². The molecule has 1 N–H and O–H groups in total. The van der Waals surface area contributed by atoms with Crippen LogP contribution in [0.25, 0.3) is 11.2 Å². The number of amides is 1. The molecule has 1 aromatic carbocycles. The van der Waals surface area contributed by atoms with Gasteiger partial charge in [0.15, 0.2) is 11.2 Å². The largest absolute Gasteiger partial charge is 0.325 e. The molecule has 0 saturated carbocycles. The van der Waals surface area contributed by atoms with Gasteiger partial charge in [0.25, 0.3) is 5.56 Å². The van der Waals surface area contributed by atoms with E-state index in [1.165, 1.54) is 15.6 Å². The van der Waals surface area contributed by atoms with Crippen molar-refractivity contribution in [1.82, 2.24) is 24.5 Å². The third kappa shape index (κ3) is 2.75. The minimum atomic E-state index is -0.399. The standard InChI is InChI=1S/C13H11BrN6O2/c1-19-12-11(17-18-19)13(22)20(7-15-12)6-10(21)16-9-4-2-8(14)3-5-9/h2-5,7H,6H2,1H3,(H,16,21). The lowest BCUT2D eigenvalue weighted by molar-refractivity contribution is -0.116. The predicted molar refractivity (Wildman–Crippen MR) is 83.3 cm³/mol. The van der Waals surface area contributed by atoms with Gasteiger partial charge in [0, 0.05) is 17.2 Å². The van der Waals surface area contributed by atoms with Gasteiger partial charge in [-0.25, -0.2) is 9.67 Å². The Morgan fingerprint density at radius 3 is 2.77 bits per heavy atom. The molecular weight excluding hydrogens is 352 g/mol. The van der Waals surface area contributed by atoms with Crippen LogP contribution in [0.4, 0.5) is 5.69 Å². The van der Waals surface area contributed by atoms with Crippen LogP contribution in [-0.2, 0) is 18.4 Å². The van der Waals surface area contributed by atoms with Crippen molar-refractivity contribution in [3.8, 4) is 0 Å². The number of nitrogens with one attached hydrogen (secondary N) is 1. The summed E-state index contributed by atoms with van der Waals surface area (Å²) < 4.78 is 3.52. The Bertz CT molecular complexity index is 899. The second-order valence-corrected chi connectivity index (χ2v) is 5.53. The number of carbonyl (C=O) groups is 1. The first-order chi connectivity index (χ1) is 10.5. The summed E-state index contributed by atoms with van der Waals surface area (Å²) in [6, 6.07) is 7.15. The molecule has 0 radical (unpaired) electrons. The minimum absolute atomic E-state index is 0.140. The first-order valence-electron chi connectivity index (χ1n) is 6.35. The SMILES string of the molecule is Cn1nnc2c(=O)n(CC(=O)Nc3ccc(Br)cc3)cnc21. The molecule has 112 valence electrons. The number of anilines is 1. The quantitative estimate of drug-likeness (QED) is 0.747. The van der Waals surface area contributed by atoms with Gasteiger partial charge in [-0.15, -0.1) is 5.10 Å². The monoisotopic (exact) mass is 362 g/mol. The summed E-state index contributed by atoms with van der Waals surface area (Å²) in [6.45, 7) is -0.144. The summed E-state index contributed by atoms with van der Waals surface area (Å²) in [6.07, 6.45) is 1.31. The fourth-order valence-corrected chi connectivity index (χ4v) is 2.21. The van der Waals surface area contributed by atoms with Crippen LogP contribution in [0.5, 0.6) is 0 Å². The molecule has 0 aliphatic rings. The van der Waals surface area contributed by atoms with E-state index in [1.54, 1.807) is 19.2 Å². The smallest absolute Gasteiger partial charge is 0.283 e. The molecule has 22 heavy (non-hydrogen) atoms. The van der Waals surface area contributed by atoms with Crippen LogP contribution in [-0.4, -0.2) is 30.5 Å². The fraction of sp³-hybridized carbons (Fsp3) is 0.154. The lowest BCUT2D eigenvalue weighted by Gasteiger charge is -2.07. The number of carbonyl (C=O) groups excluding carboxylic acids is 1. The normalized spacial score (nSPS) is 10.8. The number of hydrogen-bond donors (Lipinski definition) is 1. The number of fused-ring (bicyclic) bond motifs is 1. The van der Waals surface area contributed by atoms with E-state index in [0.717, 1.165) is 4.47 Å². The van der Waals surface area contributed by atoms with Crippen LogP contribution in [0, 0.1) is 0 Å². The van der Waals surface area contributed by atoms with Gasteiger partial charge in [-0.1, -0.05) is 21.1 Å². The van der Waals surface area contributed by atoms with Crippen molar-refractivity contribution in [1.29, 1.82) is 0 Å². The molecule has 8 nitrogen and oxygen atoms in total. The molecule has 3 rings (SSSR count). The van der Waals surface area contributed by atoms with Crippen molar-refractivity contribution in [3.05, 3.63) is 45.4 Å². The van der Waals surface area contributed by atoms with Crippen molar-refractivity contribution in [2.75, 3.05) is 5.32 Å². The van der Waals surface area contributed by atoms with E-state index >= 15 is 0 Å². The van der Waals surface area contributed by atoms with Crippen molar-refractivity contribution < 1.29 is 4.79 Å². The van der Waals surface area contributed by atoms with Crippen LogP contribution in [0.2, 0.25) is 0 Å². The zero-order chi connectivity index (χ0) is 15.7. The number of benzene rings is 1.